The fourth-order valence-electron chi connectivity index (χ4n) is 3.67. The summed E-state index contributed by atoms with van der Waals surface area (Å²) in [7, 11) is 0. The maximum Gasteiger partial charge on any atom is 0.280 e. The van der Waals surface area contributed by atoms with Crippen LogP contribution in [-0.2, 0) is 0 Å². The third-order valence-corrected chi connectivity index (χ3v) is 5.07. The second-order valence-electron chi connectivity index (χ2n) is 6.35. The minimum atomic E-state index is -2.59. The van der Waals surface area contributed by atoms with E-state index in [1.807, 2.05) is 0 Å². The Balaban J connectivity index is 1.68. The molecule has 1 saturated carbocycles. The molecule has 2 aliphatic rings. The van der Waals surface area contributed by atoms with E-state index in [1.165, 1.54) is 38.1 Å². The van der Waals surface area contributed by atoms with Crippen molar-refractivity contribution >= 4 is 11.6 Å². The van der Waals surface area contributed by atoms with Crippen molar-refractivity contribution in [3.8, 4) is 0 Å². The lowest BCUT2D eigenvalue weighted by atomic mass is 9.73. The largest absolute Gasteiger partial charge is 0.356 e. The van der Waals surface area contributed by atoms with Gasteiger partial charge < -0.3 is 4.90 Å². The van der Waals surface area contributed by atoms with Gasteiger partial charge in [0.15, 0.2) is 0 Å². The predicted molar refractivity (Wildman–Crippen MR) is 78.0 cm³/mol. The minimum absolute atomic E-state index is 0.221. The lowest BCUT2D eigenvalue weighted by Gasteiger charge is -2.41. The number of hydrogen-bond donors (Lipinski definition) is 0. The minimum Gasteiger partial charge on any atom is -0.356 e. The van der Waals surface area contributed by atoms with Gasteiger partial charge in [0.05, 0.1) is 0 Å². The molecule has 1 unspecified atom stereocenters. The van der Waals surface area contributed by atoms with Crippen molar-refractivity contribution in [1.29, 1.82) is 0 Å². The van der Waals surface area contributed by atoms with Crippen LogP contribution in [0, 0.1) is 11.8 Å². The molecule has 0 bridgehead atoms. The zero-order chi connectivity index (χ0) is 15.1. The molecule has 22 heavy (non-hydrogen) atoms. The van der Waals surface area contributed by atoms with Crippen LogP contribution in [0.5, 0.6) is 0 Å². The molecule has 0 spiro atoms. The average Bonchev–Trinajstić information content (AvgIpc) is 2.93. The predicted octanol–water partition coefficient (Wildman–Crippen LogP) is 3.08. The molecule has 118 valence electrons. The van der Waals surface area contributed by atoms with Gasteiger partial charge in [0, 0.05) is 19.2 Å². The van der Waals surface area contributed by atoms with Gasteiger partial charge in [-0.2, -0.15) is 14.6 Å². The number of nitrogens with zero attached hydrogens (tertiary/aromatic N) is 5. The molecule has 1 aliphatic carbocycles. The standard InChI is InChI=1S/C15H19F2N5/c16-14(17)12-7-13(22-15(20-12)18-9-19-22)21-6-2-5-11(8-21)10-3-1-4-10/h7,9-11,14H,1-6,8H2. The van der Waals surface area contributed by atoms with E-state index in [2.05, 4.69) is 20.0 Å². The number of alkyl halides is 2. The highest BCUT2D eigenvalue weighted by Crippen LogP contribution is 2.39. The number of piperidine rings is 1. The molecule has 2 aromatic rings. The topological polar surface area (TPSA) is 46.3 Å². The van der Waals surface area contributed by atoms with Crippen LogP contribution in [0.4, 0.5) is 14.6 Å². The van der Waals surface area contributed by atoms with E-state index < -0.39 is 6.43 Å². The highest BCUT2D eigenvalue weighted by atomic mass is 19.3. The average molecular weight is 307 g/mol. The van der Waals surface area contributed by atoms with Crippen LogP contribution in [0.1, 0.15) is 44.2 Å². The van der Waals surface area contributed by atoms with Gasteiger partial charge in [0.1, 0.15) is 17.8 Å². The summed E-state index contributed by atoms with van der Waals surface area (Å²) in [4.78, 5) is 10.0. The fraction of sp³-hybridized carbons (Fsp3) is 0.667. The SMILES string of the molecule is FC(F)c1cc(N2CCCC(C3CCC3)C2)n2ncnc2n1. The zero-order valence-corrected chi connectivity index (χ0v) is 12.3. The molecule has 7 heteroatoms. The Morgan fingerprint density at radius 3 is 2.68 bits per heavy atom. The normalized spacial score (nSPS) is 23.2. The Kier molecular flexibility index (Phi) is 3.43. The number of hydrogen-bond acceptors (Lipinski definition) is 4. The molecule has 1 saturated heterocycles. The first-order chi connectivity index (χ1) is 10.7. The lowest BCUT2D eigenvalue weighted by Crippen LogP contribution is -2.41. The summed E-state index contributed by atoms with van der Waals surface area (Å²) in [5.41, 5.74) is -0.221. The quantitative estimate of drug-likeness (QED) is 0.874. The Labute approximate surface area is 127 Å². The van der Waals surface area contributed by atoms with Crippen LogP contribution >= 0.6 is 0 Å². The molecule has 5 nitrogen and oxygen atoms in total. The maximum absolute atomic E-state index is 13.1. The van der Waals surface area contributed by atoms with E-state index in [4.69, 9.17) is 0 Å². The summed E-state index contributed by atoms with van der Waals surface area (Å²) in [6.07, 6.45) is 5.09. The van der Waals surface area contributed by atoms with Crippen LogP contribution in [0.3, 0.4) is 0 Å². The van der Waals surface area contributed by atoms with E-state index in [0.717, 1.165) is 25.4 Å². The van der Waals surface area contributed by atoms with Crippen LogP contribution in [0.2, 0.25) is 0 Å². The van der Waals surface area contributed by atoms with Gasteiger partial charge in [-0.3, -0.25) is 0 Å². The maximum atomic E-state index is 13.1. The number of rotatable bonds is 3. The fourth-order valence-corrected chi connectivity index (χ4v) is 3.67. The van der Waals surface area contributed by atoms with Gasteiger partial charge in [-0.15, -0.1) is 0 Å². The van der Waals surface area contributed by atoms with E-state index in [0.29, 0.717) is 11.7 Å². The molecule has 1 aliphatic heterocycles. The summed E-state index contributed by atoms with van der Waals surface area (Å²) < 4.78 is 27.7. The van der Waals surface area contributed by atoms with E-state index in [1.54, 1.807) is 4.52 Å². The van der Waals surface area contributed by atoms with Crippen molar-refractivity contribution in [1.82, 2.24) is 19.6 Å². The molecule has 0 amide bonds. The van der Waals surface area contributed by atoms with Crippen molar-refractivity contribution < 1.29 is 8.78 Å². The third kappa shape index (κ3) is 2.32. The first-order valence-electron chi connectivity index (χ1n) is 7.96. The summed E-state index contributed by atoms with van der Waals surface area (Å²) in [6, 6.07) is 1.47. The number of fused-ring (bicyclic) bond motifs is 1. The van der Waals surface area contributed by atoms with E-state index >= 15 is 0 Å². The van der Waals surface area contributed by atoms with Crippen LogP contribution in [-0.4, -0.2) is 32.7 Å². The van der Waals surface area contributed by atoms with E-state index in [9.17, 15) is 8.78 Å². The van der Waals surface area contributed by atoms with Gasteiger partial charge in [0.25, 0.3) is 12.2 Å². The Morgan fingerprint density at radius 2 is 1.95 bits per heavy atom. The Morgan fingerprint density at radius 1 is 1.14 bits per heavy atom. The second-order valence-corrected chi connectivity index (χ2v) is 6.35. The van der Waals surface area contributed by atoms with E-state index in [-0.39, 0.29) is 11.5 Å². The summed E-state index contributed by atoms with van der Waals surface area (Å²) in [6.45, 7) is 1.80. The van der Waals surface area contributed by atoms with Gasteiger partial charge in [-0.05, 0) is 24.7 Å². The lowest BCUT2D eigenvalue weighted by molar-refractivity contribution is 0.146. The van der Waals surface area contributed by atoms with Gasteiger partial charge in [-0.1, -0.05) is 19.3 Å². The van der Waals surface area contributed by atoms with Crippen molar-refractivity contribution in [2.45, 2.75) is 38.5 Å². The van der Waals surface area contributed by atoms with Crippen molar-refractivity contribution in [3.05, 3.63) is 18.1 Å². The number of anilines is 1. The van der Waals surface area contributed by atoms with Crippen LogP contribution < -0.4 is 4.90 Å². The molecular weight excluding hydrogens is 288 g/mol. The van der Waals surface area contributed by atoms with Crippen molar-refractivity contribution in [2.24, 2.45) is 11.8 Å². The van der Waals surface area contributed by atoms with Crippen LogP contribution in [0.25, 0.3) is 5.78 Å². The highest BCUT2D eigenvalue weighted by Gasteiger charge is 2.32. The van der Waals surface area contributed by atoms with Gasteiger partial charge in [0.2, 0.25) is 0 Å². The molecular formula is C15H19F2N5. The smallest absolute Gasteiger partial charge is 0.280 e. The van der Waals surface area contributed by atoms with Gasteiger partial charge >= 0.3 is 0 Å². The van der Waals surface area contributed by atoms with Crippen molar-refractivity contribution in [2.75, 3.05) is 18.0 Å². The molecule has 0 aromatic carbocycles. The molecule has 0 radical (unpaired) electrons. The molecule has 1 atom stereocenters. The summed E-state index contributed by atoms with van der Waals surface area (Å²) >= 11 is 0. The first kappa shape index (κ1) is 13.8. The Bertz CT molecular complexity index is 667. The van der Waals surface area contributed by atoms with Gasteiger partial charge in [-0.25, -0.2) is 13.8 Å². The molecule has 4 rings (SSSR count). The number of halogens is 2. The molecule has 2 fully saturated rings. The Hall–Kier alpha value is -1.79. The molecule has 3 heterocycles. The number of aromatic nitrogens is 4. The summed E-state index contributed by atoms with van der Waals surface area (Å²) in [5.74, 6) is 2.43. The summed E-state index contributed by atoms with van der Waals surface area (Å²) in [5, 5.41) is 4.15. The highest BCUT2D eigenvalue weighted by molar-refractivity contribution is 5.48. The second kappa shape index (κ2) is 5.44. The first-order valence-corrected chi connectivity index (χ1v) is 7.96. The third-order valence-electron chi connectivity index (χ3n) is 5.07. The zero-order valence-electron chi connectivity index (χ0n) is 12.3. The van der Waals surface area contributed by atoms with Crippen LogP contribution in [0.15, 0.2) is 12.4 Å². The van der Waals surface area contributed by atoms with Crippen molar-refractivity contribution in [3.63, 3.8) is 0 Å². The monoisotopic (exact) mass is 307 g/mol. The molecule has 0 N–H and O–H groups in total. The molecule has 2 aromatic heterocycles.